The lowest BCUT2D eigenvalue weighted by Crippen LogP contribution is -2.51. The molecule has 0 spiro atoms. The van der Waals surface area contributed by atoms with Gasteiger partial charge in [0.25, 0.3) is 0 Å². The number of benzene rings is 1. The fraction of sp³-hybridized carbons (Fsp3) is 0.455. The summed E-state index contributed by atoms with van der Waals surface area (Å²) in [4.78, 5) is 0.146. The second kappa shape index (κ2) is 4.72. The van der Waals surface area contributed by atoms with E-state index in [1.54, 1.807) is 0 Å². The van der Waals surface area contributed by atoms with Crippen LogP contribution in [0.2, 0.25) is 0 Å². The van der Waals surface area contributed by atoms with Crippen molar-refractivity contribution in [2.45, 2.75) is 17.9 Å². The zero-order chi connectivity index (χ0) is 12.5. The highest BCUT2D eigenvalue weighted by Crippen LogP contribution is 2.17. The van der Waals surface area contributed by atoms with Crippen LogP contribution in [0, 0.1) is 5.82 Å². The highest BCUT2D eigenvalue weighted by molar-refractivity contribution is 7.89. The van der Waals surface area contributed by atoms with Gasteiger partial charge in [-0.25, -0.2) is 12.8 Å². The van der Waals surface area contributed by atoms with E-state index in [0.717, 1.165) is 0 Å². The van der Waals surface area contributed by atoms with Gasteiger partial charge in [-0.1, -0.05) is 0 Å². The predicted octanol–water partition coefficient (Wildman–Crippen LogP) is 0.808. The van der Waals surface area contributed by atoms with Crippen LogP contribution in [0.5, 0.6) is 0 Å². The highest BCUT2D eigenvalue weighted by atomic mass is 32.2. The first kappa shape index (κ1) is 12.5. The Balaban J connectivity index is 2.26. The van der Waals surface area contributed by atoms with Crippen molar-refractivity contribution < 1.29 is 12.8 Å². The molecule has 6 heteroatoms. The molecule has 1 aliphatic rings. The molecule has 0 radical (unpaired) electrons. The lowest BCUT2D eigenvalue weighted by Gasteiger charge is -2.30. The van der Waals surface area contributed by atoms with E-state index >= 15 is 0 Å². The Morgan fingerprint density at radius 3 is 2.59 bits per heavy atom. The molecule has 94 valence electrons. The Hall–Kier alpha value is -0.980. The van der Waals surface area contributed by atoms with Gasteiger partial charge in [0, 0.05) is 25.7 Å². The van der Waals surface area contributed by atoms with Gasteiger partial charge in [-0.2, -0.15) is 4.31 Å². The quantitative estimate of drug-likeness (QED) is 0.854. The molecule has 1 aliphatic heterocycles. The van der Waals surface area contributed by atoms with Crippen LogP contribution < -0.4 is 5.32 Å². The highest BCUT2D eigenvalue weighted by Gasteiger charge is 2.28. The van der Waals surface area contributed by atoms with Crippen molar-refractivity contribution in [3.8, 4) is 0 Å². The van der Waals surface area contributed by atoms with Crippen LogP contribution in [-0.2, 0) is 10.0 Å². The SMILES string of the molecule is C[C@@H]1CN(S(=O)(=O)c2ccc(F)cc2)CCN1. The third-order valence-corrected chi connectivity index (χ3v) is 4.66. The zero-order valence-electron chi connectivity index (χ0n) is 9.56. The number of sulfonamides is 1. The Labute approximate surface area is 100 Å². The van der Waals surface area contributed by atoms with Crippen LogP contribution >= 0.6 is 0 Å². The van der Waals surface area contributed by atoms with Gasteiger partial charge < -0.3 is 5.32 Å². The average molecular weight is 258 g/mol. The number of rotatable bonds is 2. The number of hydrogen-bond donors (Lipinski definition) is 1. The van der Waals surface area contributed by atoms with E-state index in [4.69, 9.17) is 0 Å². The van der Waals surface area contributed by atoms with Gasteiger partial charge in [0.15, 0.2) is 0 Å². The van der Waals surface area contributed by atoms with Gasteiger partial charge in [-0.05, 0) is 31.2 Å². The number of halogens is 1. The lowest BCUT2D eigenvalue weighted by atomic mass is 10.3. The van der Waals surface area contributed by atoms with E-state index in [2.05, 4.69) is 5.32 Å². The molecule has 2 rings (SSSR count). The average Bonchev–Trinajstić information content (AvgIpc) is 2.29. The molecule has 4 nitrogen and oxygen atoms in total. The van der Waals surface area contributed by atoms with Crippen LogP contribution in [0.25, 0.3) is 0 Å². The smallest absolute Gasteiger partial charge is 0.243 e. The summed E-state index contributed by atoms with van der Waals surface area (Å²) in [6.45, 7) is 3.47. The second-order valence-corrected chi connectivity index (χ2v) is 6.11. The zero-order valence-corrected chi connectivity index (χ0v) is 10.4. The Morgan fingerprint density at radius 2 is 2.00 bits per heavy atom. The summed E-state index contributed by atoms with van der Waals surface area (Å²) >= 11 is 0. The first-order chi connectivity index (χ1) is 8.00. The van der Waals surface area contributed by atoms with Crippen molar-refractivity contribution >= 4 is 10.0 Å². The van der Waals surface area contributed by atoms with E-state index in [0.29, 0.717) is 19.6 Å². The number of hydrogen-bond acceptors (Lipinski definition) is 3. The molecule has 1 aromatic carbocycles. The summed E-state index contributed by atoms with van der Waals surface area (Å²) in [5.74, 6) is -0.433. The first-order valence-corrected chi connectivity index (χ1v) is 6.93. The molecule has 1 fully saturated rings. The standard InChI is InChI=1S/C11H15FN2O2S/c1-9-8-14(7-6-13-9)17(15,16)11-4-2-10(12)3-5-11/h2-5,9,13H,6-8H2,1H3/t9-/m1/s1. The summed E-state index contributed by atoms with van der Waals surface area (Å²) in [5.41, 5.74) is 0. The molecule has 0 aliphatic carbocycles. The summed E-state index contributed by atoms with van der Waals surface area (Å²) in [6, 6.07) is 5.07. The third kappa shape index (κ3) is 2.65. The Morgan fingerprint density at radius 1 is 1.35 bits per heavy atom. The molecular formula is C11H15FN2O2S. The van der Waals surface area contributed by atoms with Gasteiger partial charge in [0.1, 0.15) is 5.82 Å². The Kier molecular flexibility index (Phi) is 3.46. The molecule has 0 bridgehead atoms. The molecule has 0 unspecified atom stereocenters. The topological polar surface area (TPSA) is 49.4 Å². The van der Waals surface area contributed by atoms with Crippen LogP contribution in [0.15, 0.2) is 29.2 Å². The summed E-state index contributed by atoms with van der Waals surface area (Å²) in [6.07, 6.45) is 0. The largest absolute Gasteiger partial charge is 0.312 e. The van der Waals surface area contributed by atoms with E-state index in [9.17, 15) is 12.8 Å². The molecule has 0 aromatic heterocycles. The van der Waals surface area contributed by atoms with Crippen LogP contribution in [0.4, 0.5) is 4.39 Å². The van der Waals surface area contributed by atoms with Crippen molar-refractivity contribution in [3.63, 3.8) is 0 Å². The minimum absolute atomic E-state index is 0.138. The number of nitrogens with one attached hydrogen (secondary N) is 1. The maximum Gasteiger partial charge on any atom is 0.243 e. The molecule has 0 amide bonds. The molecule has 1 N–H and O–H groups in total. The van der Waals surface area contributed by atoms with E-state index in [-0.39, 0.29) is 10.9 Å². The molecule has 17 heavy (non-hydrogen) atoms. The fourth-order valence-electron chi connectivity index (χ4n) is 1.87. The van der Waals surface area contributed by atoms with Crippen LogP contribution in [0.3, 0.4) is 0 Å². The molecular weight excluding hydrogens is 243 g/mol. The van der Waals surface area contributed by atoms with Crippen LogP contribution in [0.1, 0.15) is 6.92 Å². The summed E-state index contributed by atoms with van der Waals surface area (Å²) < 4.78 is 38.6. The normalized spacial score (nSPS) is 22.6. The fourth-order valence-corrected chi connectivity index (χ4v) is 3.40. The van der Waals surface area contributed by atoms with Gasteiger partial charge in [-0.15, -0.1) is 0 Å². The van der Waals surface area contributed by atoms with Crippen molar-refractivity contribution in [2.24, 2.45) is 0 Å². The maximum absolute atomic E-state index is 12.8. The lowest BCUT2D eigenvalue weighted by molar-refractivity contribution is 0.310. The first-order valence-electron chi connectivity index (χ1n) is 5.49. The summed E-state index contributed by atoms with van der Waals surface area (Å²) in [5, 5.41) is 3.18. The molecule has 0 saturated carbocycles. The summed E-state index contributed by atoms with van der Waals surface area (Å²) in [7, 11) is -3.49. The molecule has 1 heterocycles. The van der Waals surface area contributed by atoms with Gasteiger partial charge >= 0.3 is 0 Å². The maximum atomic E-state index is 12.8. The second-order valence-electron chi connectivity index (χ2n) is 4.17. The number of piperazine rings is 1. The minimum Gasteiger partial charge on any atom is -0.312 e. The third-order valence-electron chi connectivity index (χ3n) is 2.78. The van der Waals surface area contributed by atoms with E-state index in [1.807, 2.05) is 6.92 Å². The van der Waals surface area contributed by atoms with Crippen LogP contribution in [-0.4, -0.2) is 38.4 Å². The van der Waals surface area contributed by atoms with Gasteiger partial charge in [-0.3, -0.25) is 0 Å². The molecule has 1 atom stereocenters. The van der Waals surface area contributed by atoms with Crippen molar-refractivity contribution in [3.05, 3.63) is 30.1 Å². The van der Waals surface area contributed by atoms with E-state index in [1.165, 1.54) is 28.6 Å². The van der Waals surface area contributed by atoms with Crippen molar-refractivity contribution in [1.29, 1.82) is 0 Å². The van der Waals surface area contributed by atoms with Gasteiger partial charge in [0.2, 0.25) is 10.0 Å². The monoisotopic (exact) mass is 258 g/mol. The molecule has 1 aromatic rings. The number of nitrogens with zero attached hydrogens (tertiary/aromatic N) is 1. The Bertz CT molecular complexity index is 487. The van der Waals surface area contributed by atoms with Crippen molar-refractivity contribution in [1.82, 2.24) is 9.62 Å². The minimum atomic E-state index is -3.49. The molecule has 1 saturated heterocycles. The van der Waals surface area contributed by atoms with Crippen molar-refractivity contribution in [2.75, 3.05) is 19.6 Å². The predicted molar refractivity (Wildman–Crippen MR) is 62.6 cm³/mol. The van der Waals surface area contributed by atoms with E-state index < -0.39 is 15.8 Å². The van der Waals surface area contributed by atoms with Gasteiger partial charge in [0.05, 0.1) is 4.90 Å².